The maximum atomic E-state index is 10.3. The zero-order valence-electron chi connectivity index (χ0n) is 35.1. The van der Waals surface area contributed by atoms with Crippen LogP contribution in [0.5, 0.6) is 0 Å². The van der Waals surface area contributed by atoms with Gasteiger partial charge in [-0.05, 0) is 148 Å². The third kappa shape index (κ3) is 7.42. The number of benzene rings is 9. The van der Waals surface area contributed by atoms with Gasteiger partial charge in [-0.25, -0.2) is 15.0 Å². The van der Waals surface area contributed by atoms with Crippen molar-refractivity contribution in [1.82, 2.24) is 15.0 Å². The van der Waals surface area contributed by atoms with Crippen LogP contribution >= 0.6 is 0 Å². The molecule has 1 heterocycles. The van der Waals surface area contributed by atoms with Crippen molar-refractivity contribution < 1.29 is 0 Å². The molecule has 0 saturated carbocycles. The van der Waals surface area contributed by atoms with Gasteiger partial charge in [0.25, 0.3) is 0 Å². The van der Waals surface area contributed by atoms with Crippen LogP contribution in [0.25, 0.3) is 100 Å². The molecule has 0 amide bonds. The van der Waals surface area contributed by atoms with Crippen molar-refractivity contribution in [2.45, 2.75) is 27.7 Å². The highest BCUT2D eigenvalue weighted by Crippen LogP contribution is 2.40. The maximum absolute atomic E-state index is 10.3. The first-order valence-corrected chi connectivity index (χ1v) is 21.0. The number of nitrogens with zero attached hydrogens (tertiary/aromatic N) is 4. The van der Waals surface area contributed by atoms with E-state index in [1.165, 1.54) is 38.2 Å². The Hall–Kier alpha value is -8.00. The number of fused-ring (bicyclic) bond motifs is 3. The molecule has 0 atom stereocenters. The molecule has 0 radical (unpaired) electrons. The molecule has 294 valence electrons. The van der Waals surface area contributed by atoms with Crippen LogP contribution in [0.3, 0.4) is 0 Å². The highest BCUT2D eigenvalue weighted by molar-refractivity contribution is 6.14. The molecule has 10 aromatic rings. The minimum Gasteiger partial charge on any atom is -0.208 e. The molecule has 10 rings (SSSR count). The van der Waals surface area contributed by atoms with Crippen molar-refractivity contribution >= 4 is 21.5 Å². The molecule has 0 fully saturated rings. The number of hydrogen-bond acceptors (Lipinski definition) is 4. The van der Waals surface area contributed by atoms with Crippen LogP contribution in [-0.4, -0.2) is 15.0 Å². The minimum atomic E-state index is 0.592. The summed E-state index contributed by atoms with van der Waals surface area (Å²) in [5, 5.41) is 15.2. The Balaban J connectivity index is 1.02. The summed E-state index contributed by atoms with van der Waals surface area (Å²) in [5.41, 5.74) is 16.6. The van der Waals surface area contributed by atoms with E-state index in [4.69, 9.17) is 15.0 Å². The summed E-state index contributed by atoms with van der Waals surface area (Å²) in [6.45, 7) is 8.38. The first-order valence-electron chi connectivity index (χ1n) is 21.0. The van der Waals surface area contributed by atoms with Crippen molar-refractivity contribution in [2.75, 3.05) is 0 Å². The maximum Gasteiger partial charge on any atom is 0.164 e. The molecule has 62 heavy (non-hydrogen) atoms. The molecule has 0 unspecified atom stereocenters. The fourth-order valence-electron chi connectivity index (χ4n) is 8.92. The zero-order chi connectivity index (χ0) is 42.3. The molecule has 0 N–H and O–H groups in total. The van der Waals surface area contributed by atoms with Gasteiger partial charge in [0.05, 0.1) is 11.6 Å². The van der Waals surface area contributed by atoms with E-state index in [0.29, 0.717) is 23.0 Å². The van der Waals surface area contributed by atoms with E-state index in [1.54, 1.807) is 0 Å². The monoisotopic (exact) mass is 794 g/mol. The van der Waals surface area contributed by atoms with E-state index in [9.17, 15) is 5.26 Å². The third-order valence-corrected chi connectivity index (χ3v) is 11.6. The second-order valence-corrected chi connectivity index (χ2v) is 16.4. The van der Waals surface area contributed by atoms with Gasteiger partial charge < -0.3 is 0 Å². The summed E-state index contributed by atoms with van der Waals surface area (Å²) >= 11 is 0. The number of hydrogen-bond donors (Lipinski definition) is 0. The number of aryl methyl sites for hydroxylation is 4. The number of aromatic nitrogens is 3. The van der Waals surface area contributed by atoms with Crippen LogP contribution in [0.2, 0.25) is 0 Å². The van der Waals surface area contributed by atoms with Crippen LogP contribution in [0.1, 0.15) is 27.8 Å². The SMILES string of the molecule is Cc1cc(C)cc(-c2nc(-c3cc(C)cc(C)c3)nc(-c3cccc(-c4cc(C#N)cc(-c5ccc(-c6ccccc6-c6cc7ccccc7c7ccccc67)cc5)c4)c3)n2)c1. The molecule has 0 bridgehead atoms. The Morgan fingerprint density at radius 1 is 0.323 bits per heavy atom. The van der Waals surface area contributed by atoms with Gasteiger partial charge in [0.2, 0.25) is 0 Å². The molecule has 9 aromatic carbocycles. The summed E-state index contributed by atoms with van der Waals surface area (Å²) in [6.07, 6.45) is 0. The quantitative estimate of drug-likeness (QED) is 0.151. The Bertz CT molecular complexity index is 3300. The second-order valence-electron chi connectivity index (χ2n) is 16.4. The van der Waals surface area contributed by atoms with Crippen molar-refractivity contribution in [3.8, 4) is 84.7 Å². The zero-order valence-corrected chi connectivity index (χ0v) is 35.1. The first-order chi connectivity index (χ1) is 30.3. The fraction of sp³-hybridized carbons (Fsp3) is 0.0690. The van der Waals surface area contributed by atoms with Gasteiger partial charge in [0, 0.05) is 16.7 Å². The van der Waals surface area contributed by atoms with Crippen LogP contribution in [0, 0.1) is 39.0 Å². The molecule has 0 aliphatic heterocycles. The largest absolute Gasteiger partial charge is 0.208 e. The second kappa shape index (κ2) is 15.9. The average molecular weight is 795 g/mol. The third-order valence-electron chi connectivity index (χ3n) is 11.6. The van der Waals surface area contributed by atoms with Gasteiger partial charge in [-0.2, -0.15) is 5.26 Å². The average Bonchev–Trinajstić information content (AvgIpc) is 3.30. The van der Waals surface area contributed by atoms with E-state index in [0.717, 1.165) is 66.8 Å². The molecule has 4 heteroatoms. The van der Waals surface area contributed by atoms with Crippen molar-refractivity contribution in [3.05, 3.63) is 210 Å². The first kappa shape index (κ1) is 38.2. The standard InChI is InChI=1S/C58H42N4/c1-36-24-37(2)27-48(26-36)57-60-56(61-58(62-57)49-28-38(3)25-39(4)29-49)45-14-11-13-43(32-45)47-31-40(35-59)30-46(33-47)41-20-22-42(23-21-41)50-15-7-8-18-53(50)55-34-44-12-5-6-16-51(44)52-17-9-10-19-54(52)55/h5-34H,1-4H3. The molecule has 0 aliphatic rings. The molecular formula is C58H42N4. The van der Waals surface area contributed by atoms with Gasteiger partial charge >= 0.3 is 0 Å². The summed E-state index contributed by atoms with van der Waals surface area (Å²) < 4.78 is 0. The predicted molar refractivity (Wildman–Crippen MR) is 257 cm³/mol. The van der Waals surface area contributed by atoms with E-state index < -0.39 is 0 Å². The Morgan fingerprint density at radius 2 is 0.806 bits per heavy atom. The summed E-state index contributed by atoms with van der Waals surface area (Å²) in [5.74, 6) is 1.85. The molecular weight excluding hydrogens is 753 g/mol. The van der Waals surface area contributed by atoms with Crippen molar-refractivity contribution in [3.63, 3.8) is 0 Å². The molecule has 0 aliphatic carbocycles. The summed E-state index contributed by atoms with van der Waals surface area (Å²) in [7, 11) is 0. The van der Waals surface area contributed by atoms with E-state index in [2.05, 4.69) is 191 Å². The van der Waals surface area contributed by atoms with Crippen LogP contribution in [0.15, 0.2) is 182 Å². The Morgan fingerprint density at radius 3 is 1.44 bits per heavy atom. The molecule has 0 spiro atoms. The lowest BCUT2D eigenvalue weighted by atomic mass is 9.88. The molecule has 4 nitrogen and oxygen atoms in total. The predicted octanol–water partition coefficient (Wildman–Crippen LogP) is 15.0. The minimum absolute atomic E-state index is 0.592. The van der Waals surface area contributed by atoms with Gasteiger partial charge in [-0.3, -0.25) is 0 Å². The van der Waals surface area contributed by atoms with E-state index in [1.807, 2.05) is 24.3 Å². The van der Waals surface area contributed by atoms with Crippen LogP contribution in [0.4, 0.5) is 0 Å². The smallest absolute Gasteiger partial charge is 0.164 e. The van der Waals surface area contributed by atoms with Crippen molar-refractivity contribution in [1.29, 1.82) is 5.26 Å². The van der Waals surface area contributed by atoms with E-state index in [-0.39, 0.29) is 0 Å². The lowest BCUT2D eigenvalue weighted by Crippen LogP contribution is -2.01. The number of rotatable bonds is 7. The summed E-state index contributed by atoms with van der Waals surface area (Å²) in [4.78, 5) is 15.2. The summed E-state index contributed by atoms with van der Waals surface area (Å²) in [6, 6.07) is 66.6. The van der Waals surface area contributed by atoms with Gasteiger partial charge in [0.1, 0.15) is 0 Å². The van der Waals surface area contributed by atoms with Crippen LogP contribution < -0.4 is 0 Å². The normalized spacial score (nSPS) is 11.2. The lowest BCUT2D eigenvalue weighted by molar-refractivity contribution is 1.07. The van der Waals surface area contributed by atoms with Gasteiger partial charge in [-0.15, -0.1) is 0 Å². The fourth-order valence-corrected chi connectivity index (χ4v) is 8.92. The van der Waals surface area contributed by atoms with Crippen molar-refractivity contribution in [2.24, 2.45) is 0 Å². The highest BCUT2D eigenvalue weighted by atomic mass is 15.0. The lowest BCUT2D eigenvalue weighted by Gasteiger charge is -2.15. The van der Waals surface area contributed by atoms with Crippen LogP contribution in [-0.2, 0) is 0 Å². The Kier molecular flexibility index (Phi) is 9.79. The molecule has 0 saturated heterocycles. The van der Waals surface area contributed by atoms with E-state index >= 15 is 0 Å². The number of nitriles is 1. The Labute approximate surface area is 362 Å². The van der Waals surface area contributed by atoms with Gasteiger partial charge in [0.15, 0.2) is 17.5 Å². The van der Waals surface area contributed by atoms with Gasteiger partial charge in [-0.1, -0.05) is 150 Å². The highest BCUT2D eigenvalue weighted by Gasteiger charge is 2.16. The molecule has 1 aromatic heterocycles. The topological polar surface area (TPSA) is 62.5 Å².